The van der Waals surface area contributed by atoms with E-state index in [-0.39, 0.29) is 30.5 Å². The Bertz CT molecular complexity index is 997. The van der Waals surface area contributed by atoms with Crippen molar-refractivity contribution in [2.24, 2.45) is 11.1 Å². The highest BCUT2D eigenvalue weighted by atomic mass is 16.5. The molecule has 0 spiro atoms. The van der Waals surface area contributed by atoms with E-state index in [1.165, 1.54) is 60.6 Å². The molecule has 0 radical (unpaired) electrons. The zero-order valence-corrected chi connectivity index (χ0v) is 22.2. The molecule has 1 aromatic carbocycles. The van der Waals surface area contributed by atoms with Gasteiger partial charge in [0.05, 0.1) is 30.5 Å². The predicted octanol–water partition coefficient (Wildman–Crippen LogP) is 5.44. The summed E-state index contributed by atoms with van der Waals surface area (Å²) < 4.78 is 5.78. The first-order valence-corrected chi connectivity index (χ1v) is 13.3. The quantitative estimate of drug-likeness (QED) is 0.162. The summed E-state index contributed by atoms with van der Waals surface area (Å²) in [6, 6.07) is 3.99. The Balaban J connectivity index is 1.90. The molecule has 0 aliphatic carbocycles. The van der Waals surface area contributed by atoms with Crippen molar-refractivity contribution in [1.29, 1.82) is 0 Å². The Hall–Kier alpha value is -2.54. The predicted molar refractivity (Wildman–Crippen MR) is 144 cm³/mol. The minimum absolute atomic E-state index is 0.0158. The number of ether oxygens (including phenoxy) is 1. The van der Waals surface area contributed by atoms with Crippen molar-refractivity contribution in [2.75, 3.05) is 25.2 Å². The van der Waals surface area contributed by atoms with Gasteiger partial charge in [-0.25, -0.2) is 0 Å². The molecule has 0 saturated heterocycles. The van der Waals surface area contributed by atoms with Crippen LogP contribution in [0.3, 0.4) is 0 Å². The molecule has 3 N–H and O–H groups in total. The van der Waals surface area contributed by atoms with Crippen molar-refractivity contribution in [3.05, 3.63) is 29.5 Å². The van der Waals surface area contributed by atoms with Crippen molar-refractivity contribution in [2.45, 2.75) is 91.1 Å². The normalized spacial score (nSPS) is 19.1. The summed E-state index contributed by atoms with van der Waals surface area (Å²) in [4.78, 5) is 19.1. The summed E-state index contributed by atoms with van der Waals surface area (Å²) in [6.07, 6.45) is 11.5. The fraction of sp³-hybridized carbons (Fsp3) is 0.643. The smallest absolute Gasteiger partial charge is 0.243 e. The average Bonchev–Trinajstić information content (AvgIpc) is 3.25. The van der Waals surface area contributed by atoms with E-state index >= 15 is 0 Å². The average molecular weight is 485 g/mol. The monoisotopic (exact) mass is 484 g/mol. The molecule has 3 rings (SSSR count). The molecule has 2 aromatic rings. The third-order valence-corrected chi connectivity index (χ3v) is 7.09. The van der Waals surface area contributed by atoms with Crippen LogP contribution in [-0.4, -0.2) is 54.2 Å². The third-order valence-electron chi connectivity index (χ3n) is 7.09. The summed E-state index contributed by atoms with van der Waals surface area (Å²) >= 11 is 0. The number of hydrogen-bond donors (Lipinski definition) is 3. The van der Waals surface area contributed by atoms with Crippen LogP contribution >= 0.6 is 0 Å². The topological polar surface area (TPSA) is 90.0 Å². The lowest BCUT2D eigenvalue weighted by Gasteiger charge is -2.33. The molecule has 2 heterocycles. The van der Waals surface area contributed by atoms with Crippen molar-refractivity contribution in [1.82, 2.24) is 10.3 Å². The molecule has 1 aliphatic rings. The highest BCUT2D eigenvalue weighted by Gasteiger charge is 2.32. The second-order valence-electron chi connectivity index (χ2n) is 10.4. The Morgan fingerprint density at radius 3 is 2.69 bits per heavy atom. The molecular formula is C28H44N4O3. The lowest BCUT2D eigenvalue weighted by atomic mass is 9.97. The third kappa shape index (κ3) is 6.78. The number of hydrogen-bond acceptors (Lipinski definition) is 5. The first-order chi connectivity index (χ1) is 16.9. The molecule has 1 aliphatic heterocycles. The highest BCUT2D eigenvalue weighted by Crippen LogP contribution is 2.35. The number of benzene rings is 1. The van der Waals surface area contributed by atoms with Crippen LogP contribution in [0.15, 0.2) is 23.5 Å². The van der Waals surface area contributed by atoms with Gasteiger partial charge in [-0.3, -0.25) is 4.79 Å². The van der Waals surface area contributed by atoms with E-state index < -0.39 is 0 Å². The maximum atomic E-state index is 13.4. The van der Waals surface area contributed by atoms with Crippen LogP contribution < -0.4 is 10.2 Å². The number of H-pyrrole nitrogens is 1. The van der Waals surface area contributed by atoms with E-state index in [2.05, 4.69) is 59.5 Å². The Morgan fingerprint density at radius 2 is 1.97 bits per heavy atom. The molecule has 0 unspecified atom stereocenters. The van der Waals surface area contributed by atoms with Gasteiger partial charge in [0.1, 0.15) is 6.04 Å². The number of aromatic nitrogens is 1. The van der Waals surface area contributed by atoms with Crippen LogP contribution in [0.2, 0.25) is 0 Å². The van der Waals surface area contributed by atoms with E-state index in [0.717, 1.165) is 12.1 Å². The van der Waals surface area contributed by atoms with Gasteiger partial charge < -0.3 is 25.1 Å². The number of amides is 1. The molecule has 0 saturated carbocycles. The zero-order chi connectivity index (χ0) is 25.4. The Morgan fingerprint density at radius 1 is 1.23 bits per heavy atom. The first kappa shape index (κ1) is 27.1. The van der Waals surface area contributed by atoms with Crippen LogP contribution in [0.4, 0.5) is 5.69 Å². The van der Waals surface area contributed by atoms with Gasteiger partial charge in [0.15, 0.2) is 0 Å². The molecule has 2 atom stereocenters. The number of aromatic amines is 1. The maximum absolute atomic E-state index is 13.4. The SMILES string of the molecule is CCCCCCCCc1ccc2c3c(c[nH]c13)C[C@@H](COC/C(C)=N/O)NC(=O)[C@H](C(C)C)N2C. The van der Waals surface area contributed by atoms with Crippen molar-refractivity contribution in [3.63, 3.8) is 0 Å². The van der Waals surface area contributed by atoms with Crippen LogP contribution in [0.1, 0.15) is 77.3 Å². The maximum Gasteiger partial charge on any atom is 0.243 e. The molecule has 1 aromatic heterocycles. The van der Waals surface area contributed by atoms with Crippen molar-refractivity contribution >= 4 is 28.2 Å². The van der Waals surface area contributed by atoms with E-state index in [0.29, 0.717) is 18.7 Å². The largest absolute Gasteiger partial charge is 0.411 e. The van der Waals surface area contributed by atoms with E-state index in [4.69, 9.17) is 9.94 Å². The second kappa shape index (κ2) is 13.0. The van der Waals surface area contributed by atoms with Crippen LogP contribution in [0.25, 0.3) is 10.9 Å². The van der Waals surface area contributed by atoms with Gasteiger partial charge in [-0.2, -0.15) is 0 Å². The number of nitrogens with zero attached hydrogens (tertiary/aromatic N) is 2. The number of anilines is 1. The number of nitrogens with one attached hydrogen (secondary N) is 2. The molecular weight excluding hydrogens is 440 g/mol. The number of carbonyl (C=O) groups is 1. The van der Waals surface area contributed by atoms with E-state index in [9.17, 15) is 4.79 Å². The van der Waals surface area contributed by atoms with Gasteiger partial charge in [-0.15, -0.1) is 0 Å². The fourth-order valence-corrected chi connectivity index (χ4v) is 5.27. The van der Waals surface area contributed by atoms with Gasteiger partial charge in [-0.05, 0) is 49.3 Å². The number of aryl methyl sites for hydroxylation is 1. The minimum Gasteiger partial charge on any atom is -0.411 e. The summed E-state index contributed by atoms with van der Waals surface area (Å²) in [5, 5.41) is 16.5. The summed E-state index contributed by atoms with van der Waals surface area (Å²) in [6.45, 7) is 8.73. The zero-order valence-electron chi connectivity index (χ0n) is 22.2. The van der Waals surface area contributed by atoms with Gasteiger partial charge in [0, 0.05) is 24.3 Å². The second-order valence-corrected chi connectivity index (χ2v) is 10.4. The molecule has 194 valence electrons. The van der Waals surface area contributed by atoms with Gasteiger partial charge >= 0.3 is 0 Å². The molecule has 0 fully saturated rings. The standard InChI is InChI=1S/C28H44N4O3/c1-6-7-8-9-10-11-12-21-13-14-24-25-22(16-29-26(21)25)15-23(18-35-17-20(4)31-34)30-28(33)27(19(2)3)32(24)5/h13-14,16,19,23,27,29,34H,6-12,15,17-18H2,1-5H3,(H,30,33)/b31-20+/t23-,27-/m0/s1. The molecule has 1 amide bonds. The Labute approximate surface area is 210 Å². The van der Waals surface area contributed by atoms with Crippen molar-refractivity contribution in [3.8, 4) is 0 Å². The first-order valence-electron chi connectivity index (χ1n) is 13.3. The van der Waals surface area contributed by atoms with Crippen LogP contribution in [0, 0.1) is 5.92 Å². The minimum atomic E-state index is -0.285. The van der Waals surface area contributed by atoms with Crippen LogP contribution in [-0.2, 0) is 22.4 Å². The highest BCUT2D eigenvalue weighted by molar-refractivity contribution is 5.99. The summed E-state index contributed by atoms with van der Waals surface area (Å²) in [7, 11) is 2.03. The van der Waals surface area contributed by atoms with Gasteiger partial charge in [0.25, 0.3) is 0 Å². The molecule has 7 nitrogen and oxygen atoms in total. The number of carbonyl (C=O) groups excluding carboxylic acids is 1. The van der Waals surface area contributed by atoms with Crippen LogP contribution in [0.5, 0.6) is 0 Å². The lowest BCUT2D eigenvalue weighted by molar-refractivity contribution is -0.124. The lowest BCUT2D eigenvalue weighted by Crippen LogP contribution is -2.52. The Kier molecular flexibility index (Phi) is 10.0. The number of rotatable bonds is 12. The molecule has 7 heteroatoms. The van der Waals surface area contributed by atoms with Crippen molar-refractivity contribution < 1.29 is 14.7 Å². The van der Waals surface area contributed by atoms with Gasteiger partial charge in [-0.1, -0.05) is 64.1 Å². The number of likely N-dealkylation sites (N-methyl/N-ethyl adjacent to an activating group) is 1. The molecule has 35 heavy (non-hydrogen) atoms. The van der Waals surface area contributed by atoms with E-state index in [1.54, 1.807) is 6.92 Å². The fourth-order valence-electron chi connectivity index (χ4n) is 5.27. The number of unbranched alkanes of at least 4 members (excludes halogenated alkanes) is 5. The summed E-state index contributed by atoms with van der Waals surface area (Å²) in [5.74, 6) is 0.158. The van der Waals surface area contributed by atoms with Gasteiger partial charge in [0.2, 0.25) is 5.91 Å². The molecule has 0 bridgehead atoms. The van der Waals surface area contributed by atoms with E-state index in [1.807, 2.05) is 7.05 Å². The summed E-state index contributed by atoms with van der Waals surface area (Å²) in [5.41, 5.74) is 5.34. The number of oxime groups is 1.